The number of benzene rings is 9. The maximum absolute atomic E-state index is 6.12. The fraction of sp³-hybridized carbons (Fsp3) is 0. The molecule has 248 valence electrons. The monoisotopic (exact) mass is 676 g/mol. The zero-order chi connectivity index (χ0) is 34.9. The second-order valence-electron chi connectivity index (χ2n) is 13.8. The highest BCUT2D eigenvalue weighted by Crippen LogP contribution is 2.42. The van der Waals surface area contributed by atoms with Crippen LogP contribution in [0.15, 0.2) is 199 Å². The van der Waals surface area contributed by atoms with Gasteiger partial charge in [-0.25, -0.2) is 0 Å². The Morgan fingerprint density at radius 3 is 1.77 bits per heavy atom. The van der Waals surface area contributed by atoms with E-state index in [0.29, 0.717) is 0 Å². The standard InChI is InChI=1S/C50H32N2O/c1-2-11-37(12-3-1)52-47-16-8-6-14-42(47)45-32-40(27-28-48(45)52)51(39-26-22-35-19-18-34-10-4-5-13-41(34)44(35)31-39)38-24-20-33(21-25-38)36-23-29-50-46(30-36)43-15-7-9-17-49(43)53-50/h1-32H. The van der Waals surface area contributed by atoms with Crippen LogP contribution in [0.1, 0.15) is 0 Å². The number of aromatic nitrogens is 1. The second-order valence-corrected chi connectivity index (χ2v) is 13.8. The van der Waals surface area contributed by atoms with Gasteiger partial charge in [0.05, 0.1) is 11.0 Å². The van der Waals surface area contributed by atoms with Gasteiger partial charge < -0.3 is 13.9 Å². The van der Waals surface area contributed by atoms with Gasteiger partial charge in [-0.2, -0.15) is 0 Å². The summed E-state index contributed by atoms with van der Waals surface area (Å²) in [7, 11) is 0. The van der Waals surface area contributed by atoms with Crippen LogP contribution in [0.4, 0.5) is 17.1 Å². The summed E-state index contributed by atoms with van der Waals surface area (Å²) < 4.78 is 8.50. The van der Waals surface area contributed by atoms with E-state index in [1.807, 2.05) is 12.1 Å². The van der Waals surface area contributed by atoms with Gasteiger partial charge in [0.2, 0.25) is 0 Å². The highest BCUT2D eigenvalue weighted by Gasteiger charge is 2.18. The lowest BCUT2D eigenvalue weighted by atomic mass is 10.00. The van der Waals surface area contributed by atoms with Gasteiger partial charge in [0, 0.05) is 44.3 Å². The van der Waals surface area contributed by atoms with Gasteiger partial charge in [-0.05, 0) is 112 Å². The van der Waals surface area contributed by atoms with E-state index in [4.69, 9.17) is 4.42 Å². The van der Waals surface area contributed by atoms with Crippen molar-refractivity contribution in [1.82, 2.24) is 4.57 Å². The zero-order valence-electron chi connectivity index (χ0n) is 28.8. The molecule has 0 fully saturated rings. The Bertz CT molecular complexity index is 3170. The van der Waals surface area contributed by atoms with Gasteiger partial charge in [-0.1, -0.05) is 115 Å². The third-order valence-corrected chi connectivity index (χ3v) is 10.8. The van der Waals surface area contributed by atoms with Crippen LogP contribution in [-0.4, -0.2) is 4.57 Å². The number of rotatable bonds is 5. The molecular formula is C50H32N2O. The highest BCUT2D eigenvalue weighted by atomic mass is 16.3. The molecule has 3 heteroatoms. The minimum Gasteiger partial charge on any atom is -0.456 e. The van der Waals surface area contributed by atoms with E-state index in [-0.39, 0.29) is 0 Å². The Hall–Kier alpha value is -7.10. The molecule has 11 rings (SSSR count). The van der Waals surface area contributed by atoms with Gasteiger partial charge in [0.25, 0.3) is 0 Å². The van der Waals surface area contributed by atoms with Crippen LogP contribution >= 0.6 is 0 Å². The molecule has 11 aromatic rings. The minimum atomic E-state index is 0.908. The normalized spacial score (nSPS) is 11.8. The Morgan fingerprint density at radius 2 is 0.925 bits per heavy atom. The number of hydrogen-bond donors (Lipinski definition) is 0. The number of anilines is 3. The van der Waals surface area contributed by atoms with E-state index in [1.165, 1.54) is 43.4 Å². The van der Waals surface area contributed by atoms with Gasteiger partial charge in [0.15, 0.2) is 0 Å². The predicted molar refractivity (Wildman–Crippen MR) is 223 cm³/mol. The summed E-state index contributed by atoms with van der Waals surface area (Å²) in [4.78, 5) is 2.39. The third-order valence-electron chi connectivity index (χ3n) is 10.8. The van der Waals surface area contributed by atoms with Crippen LogP contribution in [0, 0.1) is 0 Å². The number of furan rings is 1. The number of fused-ring (bicyclic) bond motifs is 9. The molecule has 0 saturated heterocycles. The Balaban J connectivity index is 1.10. The SMILES string of the molecule is c1ccc(-n2c3ccccc3c3cc(N(c4ccc(-c5ccc6oc7ccccc7c6c5)cc4)c4ccc5ccc6ccccc6c5c4)ccc32)cc1. The van der Waals surface area contributed by atoms with Crippen molar-refractivity contribution in [3.8, 4) is 16.8 Å². The molecule has 0 amide bonds. The fourth-order valence-corrected chi connectivity index (χ4v) is 8.24. The van der Waals surface area contributed by atoms with E-state index < -0.39 is 0 Å². The van der Waals surface area contributed by atoms with Crippen molar-refractivity contribution in [3.63, 3.8) is 0 Å². The van der Waals surface area contributed by atoms with E-state index in [0.717, 1.165) is 55.8 Å². The number of nitrogens with zero attached hydrogens (tertiary/aromatic N) is 2. The van der Waals surface area contributed by atoms with E-state index in [1.54, 1.807) is 0 Å². The first-order chi connectivity index (χ1) is 26.3. The highest BCUT2D eigenvalue weighted by molar-refractivity contribution is 6.12. The molecule has 9 aromatic carbocycles. The van der Waals surface area contributed by atoms with Crippen molar-refractivity contribution >= 4 is 82.4 Å². The first kappa shape index (κ1) is 29.6. The largest absolute Gasteiger partial charge is 0.456 e. The molecule has 0 unspecified atom stereocenters. The molecule has 0 N–H and O–H groups in total. The van der Waals surface area contributed by atoms with Crippen LogP contribution < -0.4 is 4.90 Å². The Kier molecular flexibility index (Phi) is 6.55. The molecular weight excluding hydrogens is 645 g/mol. The first-order valence-electron chi connectivity index (χ1n) is 18.1. The molecule has 3 nitrogen and oxygen atoms in total. The summed E-state index contributed by atoms with van der Waals surface area (Å²) in [6.07, 6.45) is 0. The molecule has 2 aromatic heterocycles. The quantitative estimate of drug-likeness (QED) is 0.169. The van der Waals surface area contributed by atoms with Crippen molar-refractivity contribution in [2.75, 3.05) is 4.90 Å². The molecule has 0 atom stereocenters. The maximum Gasteiger partial charge on any atom is 0.135 e. The van der Waals surface area contributed by atoms with Gasteiger partial charge in [0.1, 0.15) is 11.2 Å². The maximum atomic E-state index is 6.12. The Morgan fingerprint density at radius 1 is 0.340 bits per heavy atom. The van der Waals surface area contributed by atoms with Crippen LogP contribution in [0.25, 0.3) is 82.1 Å². The summed E-state index contributed by atoms with van der Waals surface area (Å²) in [6, 6.07) is 69.9. The second kappa shape index (κ2) is 11.7. The molecule has 2 heterocycles. The smallest absolute Gasteiger partial charge is 0.135 e. The molecule has 0 aliphatic carbocycles. The van der Waals surface area contributed by atoms with Crippen molar-refractivity contribution < 1.29 is 4.42 Å². The van der Waals surface area contributed by atoms with E-state index in [2.05, 4.69) is 191 Å². The summed E-state index contributed by atoms with van der Waals surface area (Å²) >= 11 is 0. The topological polar surface area (TPSA) is 21.3 Å². The molecule has 0 spiro atoms. The molecule has 0 aliphatic rings. The predicted octanol–water partition coefficient (Wildman–Crippen LogP) is 14.1. The minimum absolute atomic E-state index is 0.908. The average Bonchev–Trinajstić information content (AvgIpc) is 3.77. The number of hydrogen-bond acceptors (Lipinski definition) is 2. The van der Waals surface area contributed by atoms with Crippen molar-refractivity contribution in [2.45, 2.75) is 0 Å². The lowest BCUT2D eigenvalue weighted by molar-refractivity contribution is 0.669. The molecule has 53 heavy (non-hydrogen) atoms. The molecule has 0 saturated carbocycles. The molecule has 0 radical (unpaired) electrons. The van der Waals surface area contributed by atoms with Crippen LogP contribution in [0.5, 0.6) is 0 Å². The van der Waals surface area contributed by atoms with Gasteiger partial charge in [-0.3, -0.25) is 0 Å². The van der Waals surface area contributed by atoms with Crippen molar-refractivity contribution in [1.29, 1.82) is 0 Å². The van der Waals surface area contributed by atoms with E-state index in [9.17, 15) is 0 Å². The van der Waals surface area contributed by atoms with Crippen LogP contribution in [0.2, 0.25) is 0 Å². The van der Waals surface area contributed by atoms with Crippen molar-refractivity contribution in [3.05, 3.63) is 194 Å². The first-order valence-corrected chi connectivity index (χ1v) is 18.1. The lowest BCUT2D eigenvalue weighted by Crippen LogP contribution is -2.10. The number of para-hydroxylation sites is 3. The fourth-order valence-electron chi connectivity index (χ4n) is 8.24. The zero-order valence-corrected chi connectivity index (χ0v) is 28.8. The van der Waals surface area contributed by atoms with E-state index >= 15 is 0 Å². The molecule has 0 bridgehead atoms. The molecule has 0 aliphatic heterocycles. The summed E-state index contributed by atoms with van der Waals surface area (Å²) in [5.74, 6) is 0. The lowest BCUT2D eigenvalue weighted by Gasteiger charge is -2.26. The van der Waals surface area contributed by atoms with Gasteiger partial charge in [-0.15, -0.1) is 0 Å². The van der Waals surface area contributed by atoms with Gasteiger partial charge >= 0.3 is 0 Å². The summed E-state index contributed by atoms with van der Waals surface area (Å²) in [5.41, 5.74) is 11.0. The summed E-state index contributed by atoms with van der Waals surface area (Å²) in [5, 5.41) is 9.69. The van der Waals surface area contributed by atoms with Crippen molar-refractivity contribution in [2.24, 2.45) is 0 Å². The van der Waals surface area contributed by atoms with Crippen LogP contribution in [0.3, 0.4) is 0 Å². The average molecular weight is 677 g/mol. The van der Waals surface area contributed by atoms with Crippen LogP contribution in [-0.2, 0) is 0 Å². The third kappa shape index (κ3) is 4.75. The Labute approximate surface area is 306 Å². The summed E-state index contributed by atoms with van der Waals surface area (Å²) in [6.45, 7) is 0.